The number of halogens is 2. The number of rotatable bonds is 5. The summed E-state index contributed by atoms with van der Waals surface area (Å²) in [5.74, 6) is -3.47. The maximum Gasteiger partial charge on any atom is 0.309 e. The molecule has 1 unspecified atom stereocenters. The number of nitrogens with zero attached hydrogens (tertiary/aromatic N) is 1. The molecule has 1 atom stereocenters. The molecular formula is C16H20F2N2O5S. The fraction of sp³-hybridized carbons (Fsp3) is 0.500. The van der Waals surface area contributed by atoms with Crippen LogP contribution in [0.2, 0.25) is 0 Å². The number of carbonyl (C=O) groups excluding carboxylic acids is 2. The number of nitrogens with one attached hydrogen (secondary N) is 1. The van der Waals surface area contributed by atoms with Gasteiger partial charge in [-0.2, -0.15) is 0 Å². The Bertz CT molecular complexity index is 792. The van der Waals surface area contributed by atoms with E-state index in [1.807, 2.05) is 0 Å². The van der Waals surface area contributed by atoms with E-state index in [-0.39, 0.29) is 18.8 Å². The lowest BCUT2D eigenvalue weighted by molar-refractivity contribution is -0.158. The van der Waals surface area contributed by atoms with Gasteiger partial charge in [-0.1, -0.05) is 0 Å². The molecule has 0 aliphatic carbocycles. The van der Waals surface area contributed by atoms with Crippen LogP contribution < -0.4 is 5.32 Å². The van der Waals surface area contributed by atoms with Crippen LogP contribution in [0, 0.1) is 17.6 Å². The Balaban J connectivity index is 1.89. The lowest BCUT2D eigenvalue weighted by atomic mass is 9.98. The highest BCUT2D eigenvalue weighted by Crippen LogP contribution is 2.21. The largest absolute Gasteiger partial charge is 0.452 e. The molecule has 0 radical (unpaired) electrons. The fourth-order valence-electron chi connectivity index (χ4n) is 2.57. The molecule has 2 rings (SSSR count). The van der Waals surface area contributed by atoms with Gasteiger partial charge in [0, 0.05) is 19.2 Å². The van der Waals surface area contributed by atoms with E-state index in [0.717, 1.165) is 24.5 Å². The summed E-state index contributed by atoms with van der Waals surface area (Å²) in [4.78, 5) is 24.2. The number of anilines is 1. The van der Waals surface area contributed by atoms with Gasteiger partial charge in [0.25, 0.3) is 5.91 Å². The number of benzene rings is 1. The molecule has 1 aliphatic heterocycles. The van der Waals surface area contributed by atoms with Crippen LogP contribution in [0.1, 0.15) is 19.8 Å². The van der Waals surface area contributed by atoms with Crippen molar-refractivity contribution in [2.45, 2.75) is 25.9 Å². The van der Waals surface area contributed by atoms with Crippen molar-refractivity contribution in [3.63, 3.8) is 0 Å². The van der Waals surface area contributed by atoms with Gasteiger partial charge in [-0.05, 0) is 31.9 Å². The maximum atomic E-state index is 13.5. The van der Waals surface area contributed by atoms with Crippen LogP contribution in [-0.2, 0) is 24.3 Å². The fourth-order valence-corrected chi connectivity index (χ4v) is 3.45. The minimum Gasteiger partial charge on any atom is -0.452 e. The van der Waals surface area contributed by atoms with Crippen molar-refractivity contribution in [2.24, 2.45) is 5.92 Å². The zero-order valence-corrected chi connectivity index (χ0v) is 15.2. The van der Waals surface area contributed by atoms with Gasteiger partial charge < -0.3 is 10.1 Å². The van der Waals surface area contributed by atoms with E-state index in [1.165, 1.54) is 11.2 Å². The number of amides is 1. The molecule has 144 valence electrons. The van der Waals surface area contributed by atoms with Crippen molar-refractivity contribution in [1.29, 1.82) is 0 Å². The van der Waals surface area contributed by atoms with Crippen molar-refractivity contribution in [3.8, 4) is 0 Å². The molecule has 0 aromatic heterocycles. The predicted molar refractivity (Wildman–Crippen MR) is 89.7 cm³/mol. The third kappa shape index (κ3) is 5.21. The van der Waals surface area contributed by atoms with Crippen molar-refractivity contribution >= 4 is 27.6 Å². The monoisotopic (exact) mass is 390 g/mol. The first-order valence-corrected chi connectivity index (χ1v) is 9.84. The number of piperidine rings is 1. The third-order valence-electron chi connectivity index (χ3n) is 4.10. The molecule has 26 heavy (non-hydrogen) atoms. The summed E-state index contributed by atoms with van der Waals surface area (Å²) in [7, 11) is -3.30. The van der Waals surface area contributed by atoms with E-state index in [9.17, 15) is 26.8 Å². The SMILES string of the molecule is CC(OC(=O)C1CCN(S(C)(=O)=O)CC1)C(=O)Nc1cc(F)ccc1F. The highest BCUT2D eigenvalue weighted by Gasteiger charge is 2.31. The zero-order valence-electron chi connectivity index (χ0n) is 14.4. The number of sulfonamides is 1. The number of hydrogen-bond acceptors (Lipinski definition) is 5. The molecule has 10 heteroatoms. The molecule has 7 nitrogen and oxygen atoms in total. The summed E-state index contributed by atoms with van der Waals surface area (Å²) in [6.45, 7) is 1.72. The minimum absolute atomic E-state index is 0.202. The molecule has 1 saturated heterocycles. The molecule has 1 aromatic rings. The van der Waals surface area contributed by atoms with Crippen molar-refractivity contribution in [3.05, 3.63) is 29.8 Å². The molecule has 1 aromatic carbocycles. The van der Waals surface area contributed by atoms with Gasteiger partial charge >= 0.3 is 5.97 Å². The van der Waals surface area contributed by atoms with E-state index in [2.05, 4.69) is 5.32 Å². The van der Waals surface area contributed by atoms with E-state index in [4.69, 9.17) is 4.74 Å². The van der Waals surface area contributed by atoms with Gasteiger partial charge in [0.1, 0.15) is 11.6 Å². The van der Waals surface area contributed by atoms with Gasteiger partial charge in [0.2, 0.25) is 10.0 Å². The first-order chi connectivity index (χ1) is 12.1. The quantitative estimate of drug-likeness (QED) is 0.770. The van der Waals surface area contributed by atoms with Crippen molar-refractivity contribution < 1.29 is 31.5 Å². The van der Waals surface area contributed by atoms with E-state index in [0.29, 0.717) is 12.8 Å². The Hall–Kier alpha value is -2.07. The molecule has 1 N–H and O–H groups in total. The van der Waals surface area contributed by atoms with Gasteiger partial charge in [-0.15, -0.1) is 0 Å². The Morgan fingerprint density at radius 1 is 1.27 bits per heavy atom. The first-order valence-electron chi connectivity index (χ1n) is 7.99. The average Bonchev–Trinajstić information content (AvgIpc) is 2.57. The molecule has 0 bridgehead atoms. The third-order valence-corrected chi connectivity index (χ3v) is 5.41. The predicted octanol–water partition coefficient (Wildman–Crippen LogP) is 1.51. The highest BCUT2D eigenvalue weighted by molar-refractivity contribution is 7.88. The van der Waals surface area contributed by atoms with Crippen LogP contribution in [0.3, 0.4) is 0 Å². The second-order valence-corrected chi connectivity index (χ2v) is 8.11. The number of hydrogen-bond donors (Lipinski definition) is 1. The van der Waals surface area contributed by atoms with Crippen LogP contribution in [-0.4, -0.2) is 50.0 Å². The highest BCUT2D eigenvalue weighted by atomic mass is 32.2. The van der Waals surface area contributed by atoms with E-state index >= 15 is 0 Å². The van der Waals surface area contributed by atoms with Gasteiger partial charge in [-0.3, -0.25) is 9.59 Å². The smallest absolute Gasteiger partial charge is 0.309 e. The average molecular weight is 390 g/mol. The second kappa shape index (κ2) is 8.09. The number of ether oxygens (including phenoxy) is 1. The van der Waals surface area contributed by atoms with Gasteiger partial charge in [0.15, 0.2) is 6.10 Å². The minimum atomic E-state index is -3.30. The topological polar surface area (TPSA) is 92.8 Å². The van der Waals surface area contributed by atoms with Crippen LogP contribution in [0.25, 0.3) is 0 Å². The number of carbonyl (C=O) groups is 2. The molecule has 0 saturated carbocycles. The molecule has 1 aliphatic rings. The Labute approximate surface area is 150 Å². The molecule has 1 amide bonds. The molecule has 1 heterocycles. The van der Waals surface area contributed by atoms with Crippen LogP contribution in [0.4, 0.5) is 14.5 Å². The first kappa shape index (κ1) is 20.2. The normalized spacial score (nSPS) is 17.5. The summed E-state index contributed by atoms with van der Waals surface area (Å²) < 4.78 is 55.9. The van der Waals surface area contributed by atoms with Gasteiger partial charge in [-0.25, -0.2) is 21.5 Å². The van der Waals surface area contributed by atoms with Crippen LogP contribution in [0.5, 0.6) is 0 Å². The summed E-state index contributed by atoms with van der Waals surface area (Å²) in [6, 6.07) is 2.61. The van der Waals surface area contributed by atoms with Gasteiger partial charge in [0.05, 0.1) is 17.9 Å². The second-order valence-electron chi connectivity index (χ2n) is 6.13. The maximum absolute atomic E-state index is 13.5. The lowest BCUT2D eigenvalue weighted by Gasteiger charge is -2.29. The summed E-state index contributed by atoms with van der Waals surface area (Å²) >= 11 is 0. The van der Waals surface area contributed by atoms with E-state index in [1.54, 1.807) is 0 Å². The summed E-state index contributed by atoms with van der Waals surface area (Å²) in [5.41, 5.74) is -0.348. The van der Waals surface area contributed by atoms with Crippen molar-refractivity contribution in [1.82, 2.24) is 4.31 Å². The lowest BCUT2D eigenvalue weighted by Crippen LogP contribution is -2.41. The van der Waals surface area contributed by atoms with E-state index < -0.39 is 45.6 Å². The van der Waals surface area contributed by atoms with Crippen LogP contribution >= 0.6 is 0 Å². The molecule has 1 fully saturated rings. The molecular weight excluding hydrogens is 370 g/mol. The Morgan fingerprint density at radius 3 is 2.46 bits per heavy atom. The number of esters is 1. The standard InChI is InChI=1S/C16H20F2N2O5S/c1-10(15(21)19-14-9-12(17)3-4-13(14)18)25-16(22)11-5-7-20(8-6-11)26(2,23)24/h3-4,9-11H,5-8H2,1-2H3,(H,19,21). The van der Waals surface area contributed by atoms with Crippen LogP contribution in [0.15, 0.2) is 18.2 Å². The Morgan fingerprint density at radius 2 is 1.88 bits per heavy atom. The summed E-state index contributed by atoms with van der Waals surface area (Å²) in [5, 5.41) is 2.17. The molecule has 0 spiro atoms. The summed E-state index contributed by atoms with van der Waals surface area (Å²) in [6.07, 6.45) is 0.472. The zero-order chi connectivity index (χ0) is 19.5. The van der Waals surface area contributed by atoms with Crippen molar-refractivity contribution in [2.75, 3.05) is 24.7 Å². The Kier molecular flexibility index (Phi) is 6.30.